The lowest BCUT2D eigenvalue weighted by Gasteiger charge is -2.48. The number of aromatic nitrogens is 1. The third-order valence-corrected chi connectivity index (χ3v) is 7.53. The maximum atomic E-state index is 11.4. The van der Waals surface area contributed by atoms with Gasteiger partial charge in [0.2, 0.25) is 0 Å². The van der Waals surface area contributed by atoms with Crippen molar-refractivity contribution in [2.75, 3.05) is 26.7 Å². The minimum Gasteiger partial charge on any atom is -0.496 e. The first kappa shape index (κ1) is 22.5. The average molecular weight is 459 g/mol. The number of ether oxygens (including phenoxy) is 1. The van der Waals surface area contributed by atoms with Gasteiger partial charge < -0.3 is 14.8 Å². The zero-order valence-electron chi connectivity index (χ0n) is 19.6. The van der Waals surface area contributed by atoms with Crippen molar-refractivity contribution in [2.45, 2.75) is 38.4 Å². The Hall–Kier alpha value is -3.34. The average Bonchev–Trinajstić information content (AvgIpc) is 3.31. The molecule has 5 rings (SSSR count). The smallest absolute Gasteiger partial charge is 0.335 e. The highest BCUT2D eigenvalue weighted by molar-refractivity contribution is 5.88. The number of carbonyl (C=O) groups is 1. The van der Waals surface area contributed by atoms with Gasteiger partial charge in [-0.3, -0.25) is 9.80 Å². The second kappa shape index (κ2) is 9.13. The Morgan fingerprint density at radius 2 is 2.03 bits per heavy atom. The van der Waals surface area contributed by atoms with E-state index in [-0.39, 0.29) is 12.0 Å². The minimum atomic E-state index is -0.910. The van der Waals surface area contributed by atoms with Crippen molar-refractivity contribution in [1.82, 2.24) is 14.8 Å². The fourth-order valence-electron chi connectivity index (χ4n) is 5.59. The number of hydrogen-bond donors (Lipinski definition) is 2. The SMILES string of the molecule is COc1cc(C)c2[nH]ccc2c1CN1CC[C@@H](N2CC(C#N)C2)C[C@H]1c1ccc(C(=O)O)cc1. The molecule has 0 amide bonds. The van der Waals surface area contributed by atoms with E-state index in [1.54, 1.807) is 19.2 Å². The molecule has 2 saturated heterocycles. The number of carboxylic acids is 1. The van der Waals surface area contributed by atoms with E-state index in [1.807, 2.05) is 18.3 Å². The molecule has 2 aliphatic rings. The molecule has 2 aromatic carbocycles. The van der Waals surface area contributed by atoms with Crippen LogP contribution in [0, 0.1) is 24.2 Å². The van der Waals surface area contributed by atoms with Gasteiger partial charge in [-0.15, -0.1) is 0 Å². The van der Waals surface area contributed by atoms with Crippen molar-refractivity contribution in [2.24, 2.45) is 5.92 Å². The summed E-state index contributed by atoms with van der Waals surface area (Å²) in [6, 6.07) is 14.5. The fraction of sp³-hybridized carbons (Fsp3) is 0.407. The van der Waals surface area contributed by atoms with E-state index in [0.717, 1.165) is 61.4 Å². The quantitative estimate of drug-likeness (QED) is 0.571. The number of likely N-dealkylation sites (tertiary alicyclic amines) is 2. The molecule has 0 spiro atoms. The number of methoxy groups -OCH3 is 1. The molecule has 0 radical (unpaired) electrons. The first-order valence-corrected chi connectivity index (χ1v) is 11.8. The van der Waals surface area contributed by atoms with Crippen molar-refractivity contribution in [3.8, 4) is 11.8 Å². The molecule has 7 heteroatoms. The standard InChI is InChI=1S/C27H30N4O3/c1-17-11-25(34-2)23(22-7-9-29-26(17)22)16-30-10-8-21(31-14-18(13-28)15-31)12-24(30)19-3-5-20(6-4-19)27(32)33/h3-7,9,11,18,21,24,29H,8,10,12,14-16H2,1-2H3,(H,32,33)/t21-,24+/m1/s1. The first-order valence-electron chi connectivity index (χ1n) is 11.8. The van der Waals surface area contributed by atoms with Gasteiger partial charge in [0.15, 0.2) is 0 Å². The van der Waals surface area contributed by atoms with Crippen LogP contribution in [-0.4, -0.2) is 58.6 Å². The van der Waals surface area contributed by atoms with E-state index < -0.39 is 5.97 Å². The number of nitriles is 1. The summed E-state index contributed by atoms with van der Waals surface area (Å²) in [5.74, 6) is 0.128. The maximum absolute atomic E-state index is 11.4. The van der Waals surface area contributed by atoms with Crippen LogP contribution in [0.15, 0.2) is 42.6 Å². The van der Waals surface area contributed by atoms with Crippen molar-refractivity contribution in [3.63, 3.8) is 0 Å². The van der Waals surface area contributed by atoms with Crippen LogP contribution in [0.25, 0.3) is 10.9 Å². The highest BCUT2D eigenvalue weighted by Crippen LogP contribution is 2.39. The number of aryl methyl sites for hydroxylation is 1. The molecular formula is C27H30N4O3. The highest BCUT2D eigenvalue weighted by Gasteiger charge is 2.38. The van der Waals surface area contributed by atoms with Crippen LogP contribution in [0.4, 0.5) is 0 Å². The fourth-order valence-corrected chi connectivity index (χ4v) is 5.59. The summed E-state index contributed by atoms with van der Waals surface area (Å²) in [5.41, 5.74) is 4.89. The summed E-state index contributed by atoms with van der Waals surface area (Å²) in [5, 5.41) is 19.7. The van der Waals surface area contributed by atoms with Crippen LogP contribution in [-0.2, 0) is 6.54 Å². The van der Waals surface area contributed by atoms with Gasteiger partial charge in [-0.25, -0.2) is 4.79 Å². The third kappa shape index (κ3) is 4.04. The summed E-state index contributed by atoms with van der Waals surface area (Å²) in [6.07, 6.45) is 3.98. The first-order chi connectivity index (χ1) is 16.5. The number of aromatic amines is 1. The van der Waals surface area contributed by atoms with Crippen LogP contribution < -0.4 is 4.74 Å². The van der Waals surface area contributed by atoms with Crippen molar-refractivity contribution in [3.05, 3.63) is 64.8 Å². The topological polar surface area (TPSA) is 92.6 Å². The number of fused-ring (bicyclic) bond motifs is 1. The molecule has 3 aromatic rings. The van der Waals surface area contributed by atoms with Crippen LogP contribution in [0.3, 0.4) is 0 Å². The maximum Gasteiger partial charge on any atom is 0.335 e. The number of benzene rings is 2. The lowest BCUT2D eigenvalue weighted by atomic mass is 9.87. The zero-order valence-corrected chi connectivity index (χ0v) is 19.6. The van der Waals surface area contributed by atoms with Gasteiger partial charge in [-0.05, 0) is 55.2 Å². The Labute approximate surface area is 199 Å². The molecule has 176 valence electrons. The van der Waals surface area contributed by atoms with E-state index in [2.05, 4.69) is 39.9 Å². The molecule has 0 unspecified atom stereocenters. The molecule has 34 heavy (non-hydrogen) atoms. The van der Waals surface area contributed by atoms with E-state index in [4.69, 9.17) is 4.74 Å². The van der Waals surface area contributed by atoms with Crippen LogP contribution in [0.1, 0.15) is 45.9 Å². The second-order valence-electron chi connectivity index (χ2n) is 9.51. The van der Waals surface area contributed by atoms with Gasteiger partial charge >= 0.3 is 5.97 Å². The normalized spacial score (nSPS) is 21.8. The Morgan fingerprint density at radius 3 is 2.71 bits per heavy atom. The number of nitrogens with zero attached hydrogens (tertiary/aromatic N) is 3. The second-order valence-corrected chi connectivity index (χ2v) is 9.51. The van der Waals surface area contributed by atoms with Gasteiger partial charge in [-0.1, -0.05) is 12.1 Å². The lowest BCUT2D eigenvalue weighted by molar-refractivity contribution is 0.0118. The van der Waals surface area contributed by atoms with Gasteiger partial charge in [0, 0.05) is 60.9 Å². The monoisotopic (exact) mass is 458 g/mol. The van der Waals surface area contributed by atoms with E-state index >= 15 is 0 Å². The van der Waals surface area contributed by atoms with E-state index in [0.29, 0.717) is 11.6 Å². The third-order valence-electron chi connectivity index (χ3n) is 7.53. The Kier molecular flexibility index (Phi) is 6.03. The predicted octanol–water partition coefficient (Wildman–Crippen LogP) is 4.34. The molecule has 0 bridgehead atoms. The summed E-state index contributed by atoms with van der Waals surface area (Å²) >= 11 is 0. The van der Waals surface area contributed by atoms with E-state index in [9.17, 15) is 15.2 Å². The largest absolute Gasteiger partial charge is 0.496 e. The van der Waals surface area contributed by atoms with Crippen molar-refractivity contribution < 1.29 is 14.6 Å². The highest BCUT2D eigenvalue weighted by atomic mass is 16.5. The number of rotatable bonds is 6. The molecule has 7 nitrogen and oxygen atoms in total. The van der Waals surface area contributed by atoms with Gasteiger partial charge in [0.05, 0.1) is 24.7 Å². The molecular weight excluding hydrogens is 428 g/mol. The summed E-state index contributed by atoms with van der Waals surface area (Å²) in [7, 11) is 1.72. The van der Waals surface area contributed by atoms with Crippen LogP contribution in [0.5, 0.6) is 5.75 Å². The Balaban J connectivity index is 1.46. The van der Waals surface area contributed by atoms with Gasteiger partial charge in [0.25, 0.3) is 0 Å². The molecule has 2 atom stereocenters. The molecule has 2 aliphatic heterocycles. The number of carboxylic acid groups (broad SMARTS) is 1. The number of H-pyrrole nitrogens is 1. The van der Waals surface area contributed by atoms with E-state index in [1.165, 1.54) is 10.9 Å². The summed E-state index contributed by atoms with van der Waals surface area (Å²) in [6.45, 7) is 5.46. The van der Waals surface area contributed by atoms with Crippen LogP contribution in [0.2, 0.25) is 0 Å². The minimum absolute atomic E-state index is 0.144. The Morgan fingerprint density at radius 1 is 1.26 bits per heavy atom. The van der Waals surface area contributed by atoms with Crippen molar-refractivity contribution >= 4 is 16.9 Å². The predicted molar refractivity (Wildman–Crippen MR) is 130 cm³/mol. The lowest BCUT2D eigenvalue weighted by Crippen LogP contribution is -2.55. The number of hydrogen-bond acceptors (Lipinski definition) is 5. The molecule has 2 fully saturated rings. The molecule has 1 aromatic heterocycles. The molecule has 0 aliphatic carbocycles. The van der Waals surface area contributed by atoms with Gasteiger partial charge in [-0.2, -0.15) is 5.26 Å². The molecule has 2 N–H and O–H groups in total. The number of nitrogens with one attached hydrogen (secondary N) is 1. The van der Waals surface area contributed by atoms with Crippen LogP contribution >= 0.6 is 0 Å². The number of aromatic carboxylic acids is 1. The molecule has 0 saturated carbocycles. The molecule has 3 heterocycles. The van der Waals surface area contributed by atoms with Crippen molar-refractivity contribution in [1.29, 1.82) is 5.26 Å². The zero-order chi connectivity index (χ0) is 23.8. The Bertz CT molecular complexity index is 1240. The summed E-state index contributed by atoms with van der Waals surface area (Å²) < 4.78 is 5.79. The number of piperidine rings is 1. The summed E-state index contributed by atoms with van der Waals surface area (Å²) in [4.78, 5) is 19.7. The van der Waals surface area contributed by atoms with Gasteiger partial charge in [0.1, 0.15) is 5.75 Å².